The van der Waals surface area contributed by atoms with Crippen LogP contribution in [0.4, 0.5) is 0 Å². The van der Waals surface area contributed by atoms with Gasteiger partial charge >= 0.3 is 0 Å². The molecule has 0 saturated heterocycles. The molecule has 94 valence electrons. The highest BCUT2D eigenvalue weighted by atomic mass is 16.7. The Hall–Kier alpha value is -1.26. The van der Waals surface area contributed by atoms with Crippen LogP contribution in [0.2, 0.25) is 0 Å². The second-order valence-corrected chi connectivity index (χ2v) is 4.70. The number of ether oxygens (including phenoxy) is 2. The molecule has 1 aromatic carbocycles. The second-order valence-electron chi connectivity index (χ2n) is 4.70. The first-order valence-corrected chi connectivity index (χ1v) is 5.94. The Morgan fingerprint density at radius 1 is 1.35 bits per heavy atom. The maximum absolute atomic E-state index is 5.76. The lowest BCUT2D eigenvalue weighted by Crippen LogP contribution is -2.46. The van der Waals surface area contributed by atoms with Gasteiger partial charge in [-0.2, -0.15) is 0 Å². The number of nitrogens with two attached hydrogens (primary N) is 1. The molecule has 4 nitrogen and oxygen atoms in total. The van der Waals surface area contributed by atoms with E-state index in [0.29, 0.717) is 13.3 Å². The number of likely N-dealkylation sites (N-methyl/N-ethyl adjacent to an activating group) is 1. The van der Waals surface area contributed by atoms with Gasteiger partial charge in [0.15, 0.2) is 11.5 Å². The van der Waals surface area contributed by atoms with Gasteiger partial charge in [-0.3, -0.25) is 0 Å². The summed E-state index contributed by atoms with van der Waals surface area (Å²) >= 11 is 0. The highest BCUT2D eigenvalue weighted by molar-refractivity contribution is 5.44. The average molecular weight is 236 g/mol. The number of aryl methyl sites for hydroxylation is 1. The molecule has 1 atom stereocenters. The third-order valence-corrected chi connectivity index (χ3v) is 3.46. The summed E-state index contributed by atoms with van der Waals surface area (Å²) in [5.74, 6) is 1.69. The van der Waals surface area contributed by atoms with Crippen molar-refractivity contribution in [2.45, 2.75) is 25.3 Å². The van der Waals surface area contributed by atoms with Crippen LogP contribution >= 0.6 is 0 Å². The van der Waals surface area contributed by atoms with Crippen LogP contribution in [0.15, 0.2) is 18.2 Å². The smallest absolute Gasteiger partial charge is 0.231 e. The van der Waals surface area contributed by atoms with Gasteiger partial charge in [0.2, 0.25) is 6.79 Å². The minimum atomic E-state index is -0.00360. The van der Waals surface area contributed by atoms with Gasteiger partial charge in [-0.05, 0) is 44.5 Å². The normalized spacial score (nSPS) is 16.9. The van der Waals surface area contributed by atoms with E-state index in [9.17, 15) is 0 Å². The second kappa shape index (κ2) is 4.94. The molecule has 3 N–H and O–H groups in total. The molecule has 0 amide bonds. The van der Waals surface area contributed by atoms with Crippen LogP contribution in [0.25, 0.3) is 0 Å². The molecule has 1 aliphatic rings. The van der Waals surface area contributed by atoms with Crippen molar-refractivity contribution in [1.29, 1.82) is 0 Å². The van der Waals surface area contributed by atoms with Crippen molar-refractivity contribution in [2.75, 3.05) is 20.4 Å². The zero-order valence-electron chi connectivity index (χ0n) is 10.5. The molecule has 1 unspecified atom stereocenters. The monoisotopic (exact) mass is 236 g/mol. The van der Waals surface area contributed by atoms with Gasteiger partial charge in [-0.1, -0.05) is 6.07 Å². The van der Waals surface area contributed by atoms with E-state index in [1.807, 2.05) is 13.1 Å². The molecule has 0 bridgehead atoms. The molecule has 0 aromatic heterocycles. The fourth-order valence-corrected chi connectivity index (χ4v) is 1.85. The first-order chi connectivity index (χ1) is 8.17. The van der Waals surface area contributed by atoms with E-state index in [1.165, 1.54) is 5.56 Å². The summed E-state index contributed by atoms with van der Waals surface area (Å²) in [6.07, 6.45) is 1.98. The van der Waals surface area contributed by atoms with Gasteiger partial charge in [0.25, 0.3) is 0 Å². The Kier molecular flexibility index (Phi) is 3.54. The predicted octanol–water partition coefficient (Wildman–Crippen LogP) is 1.28. The average Bonchev–Trinajstić information content (AvgIpc) is 2.83. The van der Waals surface area contributed by atoms with Crippen molar-refractivity contribution in [3.8, 4) is 11.5 Å². The molecular weight excluding hydrogens is 216 g/mol. The topological polar surface area (TPSA) is 56.5 Å². The molecule has 0 saturated carbocycles. The molecule has 1 heterocycles. The van der Waals surface area contributed by atoms with Gasteiger partial charge < -0.3 is 20.5 Å². The van der Waals surface area contributed by atoms with E-state index in [1.54, 1.807) is 0 Å². The molecule has 2 rings (SSSR count). The summed E-state index contributed by atoms with van der Waals surface area (Å²) in [5, 5.41) is 3.27. The number of benzene rings is 1. The maximum atomic E-state index is 5.76. The Labute approximate surface area is 102 Å². The number of fused-ring (bicyclic) bond motifs is 1. The van der Waals surface area contributed by atoms with Crippen molar-refractivity contribution in [3.05, 3.63) is 23.8 Å². The highest BCUT2D eigenvalue weighted by Gasteiger charge is 2.20. The van der Waals surface area contributed by atoms with Crippen molar-refractivity contribution >= 4 is 0 Å². The Morgan fingerprint density at radius 3 is 2.82 bits per heavy atom. The number of hydrogen-bond donors (Lipinski definition) is 2. The summed E-state index contributed by atoms with van der Waals surface area (Å²) < 4.78 is 10.6. The first kappa shape index (κ1) is 12.2. The number of hydrogen-bond acceptors (Lipinski definition) is 4. The molecule has 0 fully saturated rings. The van der Waals surface area contributed by atoms with Crippen LogP contribution in [0, 0.1) is 0 Å². The van der Waals surface area contributed by atoms with Crippen LogP contribution in [0.3, 0.4) is 0 Å². The summed E-state index contributed by atoms with van der Waals surface area (Å²) in [7, 11) is 1.95. The summed E-state index contributed by atoms with van der Waals surface area (Å²) in [6.45, 7) is 3.10. The molecule has 1 aromatic rings. The third kappa shape index (κ3) is 2.70. The molecule has 0 spiro atoms. The van der Waals surface area contributed by atoms with E-state index in [2.05, 4.69) is 24.4 Å². The zero-order chi connectivity index (χ0) is 12.3. The van der Waals surface area contributed by atoms with Gasteiger partial charge in [0.05, 0.1) is 0 Å². The highest BCUT2D eigenvalue weighted by Crippen LogP contribution is 2.33. The fourth-order valence-electron chi connectivity index (χ4n) is 1.85. The molecule has 0 radical (unpaired) electrons. The van der Waals surface area contributed by atoms with E-state index in [-0.39, 0.29) is 5.54 Å². The standard InChI is InChI=1S/C13H20N2O2/c1-13(8-14,15-2)6-5-10-3-4-11-12(7-10)17-9-16-11/h3-4,7,15H,5-6,8-9,14H2,1-2H3. The maximum Gasteiger partial charge on any atom is 0.231 e. The molecule has 4 heteroatoms. The van der Waals surface area contributed by atoms with Crippen molar-refractivity contribution in [1.82, 2.24) is 5.32 Å². The van der Waals surface area contributed by atoms with E-state index in [0.717, 1.165) is 24.3 Å². The van der Waals surface area contributed by atoms with Crippen LogP contribution in [0.1, 0.15) is 18.9 Å². The molecule has 0 aliphatic carbocycles. The fraction of sp³-hybridized carbons (Fsp3) is 0.538. The lowest BCUT2D eigenvalue weighted by Gasteiger charge is -2.27. The van der Waals surface area contributed by atoms with E-state index >= 15 is 0 Å². The molecule has 1 aliphatic heterocycles. The van der Waals surface area contributed by atoms with Crippen LogP contribution < -0.4 is 20.5 Å². The summed E-state index contributed by atoms with van der Waals surface area (Å²) in [4.78, 5) is 0. The van der Waals surface area contributed by atoms with Crippen molar-refractivity contribution in [3.63, 3.8) is 0 Å². The van der Waals surface area contributed by atoms with Crippen molar-refractivity contribution in [2.24, 2.45) is 5.73 Å². The minimum absolute atomic E-state index is 0.00360. The van der Waals surface area contributed by atoms with Gasteiger partial charge in [-0.15, -0.1) is 0 Å². The predicted molar refractivity (Wildman–Crippen MR) is 67.4 cm³/mol. The van der Waals surface area contributed by atoms with Crippen molar-refractivity contribution < 1.29 is 9.47 Å². The molecular formula is C13H20N2O2. The molecule has 17 heavy (non-hydrogen) atoms. The van der Waals surface area contributed by atoms with Crippen LogP contribution in [0.5, 0.6) is 11.5 Å². The number of rotatable bonds is 5. The first-order valence-electron chi connectivity index (χ1n) is 5.94. The lowest BCUT2D eigenvalue weighted by atomic mass is 9.93. The van der Waals surface area contributed by atoms with Crippen LogP contribution in [-0.2, 0) is 6.42 Å². The summed E-state index contributed by atoms with van der Waals surface area (Å²) in [6, 6.07) is 6.10. The van der Waals surface area contributed by atoms with E-state index in [4.69, 9.17) is 15.2 Å². The SMILES string of the molecule is CNC(C)(CN)CCc1ccc2c(c1)OCO2. The zero-order valence-corrected chi connectivity index (χ0v) is 10.5. The van der Waals surface area contributed by atoms with Crippen LogP contribution in [-0.4, -0.2) is 25.9 Å². The largest absolute Gasteiger partial charge is 0.454 e. The van der Waals surface area contributed by atoms with Gasteiger partial charge in [0.1, 0.15) is 0 Å². The summed E-state index contributed by atoms with van der Waals surface area (Å²) in [5.41, 5.74) is 7.01. The number of nitrogens with one attached hydrogen (secondary N) is 1. The lowest BCUT2D eigenvalue weighted by molar-refractivity contribution is 0.174. The Balaban J connectivity index is 2.00. The Bertz CT molecular complexity index is 389. The Morgan fingerprint density at radius 2 is 2.12 bits per heavy atom. The quantitative estimate of drug-likeness (QED) is 0.808. The van der Waals surface area contributed by atoms with E-state index < -0.39 is 0 Å². The minimum Gasteiger partial charge on any atom is -0.454 e. The van der Waals surface area contributed by atoms with Gasteiger partial charge in [0, 0.05) is 12.1 Å². The van der Waals surface area contributed by atoms with Gasteiger partial charge in [-0.25, -0.2) is 0 Å². The third-order valence-electron chi connectivity index (χ3n) is 3.46.